The molecule has 1 unspecified atom stereocenters. The number of pyridine rings is 1. The molecule has 1 aromatic heterocycles. The number of phenolic OH excluding ortho intramolecular Hbond substituents is 1. The van der Waals surface area contributed by atoms with E-state index in [-0.39, 0.29) is 28.8 Å². The van der Waals surface area contributed by atoms with E-state index in [9.17, 15) is 14.7 Å². The van der Waals surface area contributed by atoms with E-state index in [1.807, 2.05) is 30.0 Å². The van der Waals surface area contributed by atoms with Crippen LogP contribution in [0.2, 0.25) is 0 Å². The summed E-state index contributed by atoms with van der Waals surface area (Å²) >= 11 is 0. The molecule has 0 radical (unpaired) electrons. The van der Waals surface area contributed by atoms with Crippen molar-refractivity contribution in [3.05, 3.63) is 63.6 Å². The summed E-state index contributed by atoms with van der Waals surface area (Å²) in [4.78, 5) is 27.4. The monoisotopic (exact) mass is 354 g/mol. The summed E-state index contributed by atoms with van der Waals surface area (Å²) in [5.74, 6) is 0.111. The van der Waals surface area contributed by atoms with E-state index < -0.39 is 0 Å². The summed E-state index contributed by atoms with van der Waals surface area (Å²) in [6, 6.07) is 10.8. The molecule has 26 heavy (non-hydrogen) atoms. The Kier molecular flexibility index (Phi) is 5.45. The molecular weight excluding hydrogens is 328 g/mol. The topological polar surface area (TPSA) is 62.5 Å². The van der Waals surface area contributed by atoms with Crippen LogP contribution < -0.4 is 5.56 Å². The molecule has 0 spiro atoms. The maximum atomic E-state index is 13.0. The number of nitrogens with zero attached hydrogens (tertiary/aromatic N) is 2. The minimum atomic E-state index is -0.224. The Morgan fingerprint density at radius 1 is 1.15 bits per heavy atom. The quantitative estimate of drug-likeness (QED) is 0.918. The fourth-order valence-electron chi connectivity index (χ4n) is 3.61. The third-order valence-electron chi connectivity index (χ3n) is 5.38. The molecule has 1 saturated heterocycles. The van der Waals surface area contributed by atoms with Crippen molar-refractivity contribution in [3.63, 3.8) is 0 Å². The van der Waals surface area contributed by atoms with Crippen LogP contribution >= 0.6 is 0 Å². The van der Waals surface area contributed by atoms with Crippen LogP contribution in [0, 0.1) is 6.92 Å². The van der Waals surface area contributed by atoms with Crippen LogP contribution in [0.3, 0.4) is 0 Å². The van der Waals surface area contributed by atoms with Crippen molar-refractivity contribution in [2.75, 3.05) is 6.54 Å². The highest BCUT2D eigenvalue weighted by molar-refractivity contribution is 5.94. The molecule has 1 aliphatic heterocycles. The Hall–Kier alpha value is -2.56. The van der Waals surface area contributed by atoms with Crippen molar-refractivity contribution in [3.8, 4) is 5.75 Å². The second-order valence-electron chi connectivity index (χ2n) is 7.11. The number of aromatic hydroxyl groups is 1. The summed E-state index contributed by atoms with van der Waals surface area (Å²) in [5, 5.41) is 9.40. The van der Waals surface area contributed by atoms with Crippen LogP contribution in [0.15, 0.2) is 41.2 Å². The number of aryl methyl sites for hydroxylation is 2. The van der Waals surface area contributed by atoms with Crippen molar-refractivity contribution < 1.29 is 9.90 Å². The molecule has 0 aliphatic carbocycles. The van der Waals surface area contributed by atoms with Crippen LogP contribution in [-0.2, 0) is 13.5 Å². The zero-order valence-corrected chi connectivity index (χ0v) is 15.4. The molecule has 2 heterocycles. The Labute approximate surface area is 153 Å². The molecular formula is C21H26N2O3. The molecule has 0 saturated carbocycles. The number of rotatable bonds is 4. The number of phenols is 1. The van der Waals surface area contributed by atoms with E-state index in [0.717, 1.165) is 43.4 Å². The largest absolute Gasteiger partial charge is 0.508 e. The van der Waals surface area contributed by atoms with Crippen molar-refractivity contribution in [1.82, 2.24) is 9.47 Å². The van der Waals surface area contributed by atoms with Crippen LogP contribution in [-0.4, -0.2) is 33.1 Å². The third-order valence-corrected chi connectivity index (χ3v) is 5.38. The molecule has 1 fully saturated rings. The van der Waals surface area contributed by atoms with Crippen LogP contribution in [0.1, 0.15) is 47.3 Å². The Bertz CT molecular complexity index is 839. The summed E-state index contributed by atoms with van der Waals surface area (Å²) < 4.78 is 1.53. The first-order valence-electron chi connectivity index (χ1n) is 9.23. The van der Waals surface area contributed by atoms with Gasteiger partial charge in [-0.05, 0) is 68.9 Å². The fraction of sp³-hybridized carbons (Fsp3) is 0.429. The van der Waals surface area contributed by atoms with Gasteiger partial charge in [0.15, 0.2) is 0 Å². The number of hydrogen-bond donors (Lipinski definition) is 1. The lowest BCUT2D eigenvalue weighted by atomic mass is 9.95. The first-order chi connectivity index (χ1) is 12.5. The van der Waals surface area contributed by atoms with E-state index in [4.69, 9.17) is 0 Å². The number of carbonyl (C=O) groups is 1. The lowest BCUT2D eigenvalue weighted by Gasteiger charge is -2.36. The Morgan fingerprint density at radius 3 is 2.62 bits per heavy atom. The summed E-state index contributed by atoms with van der Waals surface area (Å²) in [6.07, 6.45) is 4.77. The van der Waals surface area contributed by atoms with E-state index in [1.165, 1.54) is 4.57 Å². The summed E-state index contributed by atoms with van der Waals surface area (Å²) in [7, 11) is 1.70. The second-order valence-corrected chi connectivity index (χ2v) is 7.11. The zero-order chi connectivity index (χ0) is 18.7. The number of benzene rings is 1. The molecule has 3 rings (SSSR count). The molecule has 1 amide bonds. The third kappa shape index (κ3) is 3.82. The van der Waals surface area contributed by atoms with Crippen molar-refractivity contribution in [1.29, 1.82) is 0 Å². The molecule has 0 bridgehead atoms. The van der Waals surface area contributed by atoms with Gasteiger partial charge in [-0.1, -0.05) is 12.1 Å². The predicted molar refractivity (Wildman–Crippen MR) is 102 cm³/mol. The van der Waals surface area contributed by atoms with Crippen LogP contribution in [0.25, 0.3) is 0 Å². The van der Waals surface area contributed by atoms with Gasteiger partial charge in [-0.3, -0.25) is 9.59 Å². The van der Waals surface area contributed by atoms with Gasteiger partial charge in [0.25, 0.3) is 11.5 Å². The van der Waals surface area contributed by atoms with Gasteiger partial charge >= 0.3 is 0 Å². The lowest BCUT2D eigenvalue weighted by molar-refractivity contribution is 0.0599. The average Bonchev–Trinajstić information content (AvgIpc) is 2.65. The molecule has 1 N–H and O–H groups in total. The molecule has 5 heteroatoms. The molecule has 1 atom stereocenters. The van der Waals surface area contributed by atoms with Crippen molar-refractivity contribution >= 4 is 5.91 Å². The van der Waals surface area contributed by atoms with Crippen molar-refractivity contribution in [2.45, 2.75) is 45.1 Å². The zero-order valence-electron chi connectivity index (χ0n) is 15.4. The summed E-state index contributed by atoms with van der Waals surface area (Å²) in [5.41, 5.74) is 2.02. The van der Waals surface area contributed by atoms with Gasteiger partial charge in [0, 0.05) is 25.3 Å². The minimum absolute atomic E-state index is 0.149. The number of carbonyl (C=O) groups excluding carboxylic acids is 1. The van der Waals surface area contributed by atoms with E-state index in [2.05, 4.69) is 0 Å². The second kappa shape index (κ2) is 7.77. The number of amides is 1. The van der Waals surface area contributed by atoms with Gasteiger partial charge in [0.2, 0.25) is 0 Å². The van der Waals surface area contributed by atoms with Crippen LogP contribution in [0.5, 0.6) is 5.75 Å². The maximum Gasteiger partial charge on any atom is 0.263 e. The summed E-state index contributed by atoms with van der Waals surface area (Å²) in [6.45, 7) is 2.56. The maximum absolute atomic E-state index is 13.0. The lowest BCUT2D eigenvalue weighted by Crippen LogP contribution is -2.46. The van der Waals surface area contributed by atoms with Gasteiger partial charge in [-0.15, -0.1) is 0 Å². The molecule has 138 valence electrons. The molecule has 1 aliphatic rings. The van der Waals surface area contributed by atoms with Gasteiger partial charge in [0.1, 0.15) is 11.3 Å². The number of hydrogen-bond acceptors (Lipinski definition) is 3. The minimum Gasteiger partial charge on any atom is -0.508 e. The first kappa shape index (κ1) is 18.2. The number of aromatic nitrogens is 1. The molecule has 5 nitrogen and oxygen atoms in total. The highest BCUT2D eigenvalue weighted by Crippen LogP contribution is 2.23. The fourth-order valence-corrected chi connectivity index (χ4v) is 3.61. The Balaban J connectivity index is 1.76. The van der Waals surface area contributed by atoms with Gasteiger partial charge in [-0.25, -0.2) is 0 Å². The SMILES string of the molecule is Cc1ccc(C(=O)N2CCCCC2CCc2ccc(O)cc2)c(=O)n1C. The van der Waals surface area contributed by atoms with Gasteiger partial charge in [0.05, 0.1) is 0 Å². The number of likely N-dealkylation sites (tertiary alicyclic amines) is 1. The van der Waals surface area contributed by atoms with Crippen LogP contribution in [0.4, 0.5) is 0 Å². The Morgan fingerprint density at radius 2 is 1.88 bits per heavy atom. The van der Waals surface area contributed by atoms with Crippen molar-refractivity contribution in [2.24, 2.45) is 7.05 Å². The predicted octanol–water partition coefficient (Wildman–Crippen LogP) is 3.03. The highest BCUT2D eigenvalue weighted by Gasteiger charge is 2.28. The normalized spacial score (nSPS) is 17.3. The first-order valence-corrected chi connectivity index (χ1v) is 9.23. The van der Waals surface area contributed by atoms with Gasteiger partial charge < -0.3 is 14.6 Å². The van der Waals surface area contributed by atoms with Gasteiger partial charge in [-0.2, -0.15) is 0 Å². The molecule has 1 aromatic carbocycles. The van der Waals surface area contributed by atoms with E-state index in [1.54, 1.807) is 25.2 Å². The number of piperidine rings is 1. The van der Waals surface area contributed by atoms with E-state index >= 15 is 0 Å². The molecule has 2 aromatic rings. The standard InChI is InChI=1S/C21H26N2O3/c1-15-6-13-19(20(25)22(15)2)21(26)23-14-4-3-5-17(23)10-7-16-8-11-18(24)12-9-16/h6,8-9,11-13,17,24H,3-5,7,10,14H2,1-2H3. The highest BCUT2D eigenvalue weighted by atomic mass is 16.3. The smallest absolute Gasteiger partial charge is 0.263 e. The average molecular weight is 354 g/mol. The van der Waals surface area contributed by atoms with E-state index in [0.29, 0.717) is 6.54 Å².